The van der Waals surface area contributed by atoms with Crippen LogP contribution in [-0.2, 0) is 0 Å². The predicted octanol–water partition coefficient (Wildman–Crippen LogP) is 7.60. The highest BCUT2D eigenvalue weighted by Gasteiger charge is 2.17. The minimum atomic E-state index is -0.538. The van der Waals surface area contributed by atoms with E-state index in [1.807, 2.05) is 30.3 Å². The van der Waals surface area contributed by atoms with E-state index >= 15 is 0 Å². The Labute approximate surface area is 214 Å². The van der Waals surface area contributed by atoms with Gasteiger partial charge in [0.05, 0.1) is 32.6 Å². The summed E-state index contributed by atoms with van der Waals surface area (Å²) in [5.74, 6) is 0. The number of rotatable bonds is 3. The van der Waals surface area contributed by atoms with Gasteiger partial charge in [0.25, 0.3) is 0 Å². The number of benzene rings is 3. The molecule has 0 amide bonds. The standard InChI is InChI=1S/C29H15Cl2NO4/c30-22-10-9-16(13-23(22)31)19-14-24(20-11-17-5-1-3-7-26(17)35-28(20)33)32-25(15-19)21-12-18-6-2-4-8-27(18)36-29(21)34/h1-15H. The summed E-state index contributed by atoms with van der Waals surface area (Å²) in [5.41, 5.74) is 2.53. The maximum absolute atomic E-state index is 12.9. The molecule has 0 bridgehead atoms. The molecule has 0 fully saturated rings. The summed E-state index contributed by atoms with van der Waals surface area (Å²) in [6.07, 6.45) is 0. The molecule has 3 heterocycles. The maximum Gasteiger partial charge on any atom is 0.345 e. The lowest BCUT2D eigenvalue weighted by Crippen LogP contribution is -2.07. The Hall–Kier alpha value is -4.19. The number of fused-ring (bicyclic) bond motifs is 2. The van der Waals surface area contributed by atoms with E-state index in [0.717, 1.165) is 16.3 Å². The number of hydrogen-bond donors (Lipinski definition) is 0. The summed E-state index contributed by atoms with van der Waals surface area (Å²) in [6, 6.07) is 26.7. The smallest absolute Gasteiger partial charge is 0.345 e. The van der Waals surface area contributed by atoms with Gasteiger partial charge in [-0.05, 0) is 59.7 Å². The molecule has 0 N–H and O–H groups in total. The van der Waals surface area contributed by atoms with Crippen LogP contribution in [0.3, 0.4) is 0 Å². The Morgan fingerprint density at radius 3 is 1.61 bits per heavy atom. The van der Waals surface area contributed by atoms with Crippen molar-refractivity contribution in [3.8, 4) is 33.6 Å². The van der Waals surface area contributed by atoms with E-state index in [2.05, 4.69) is 0 Å². The normalized spacial score (nSPS) is 11.3. The molecule has 6 rings (SSSR count). The van der Waals surface area contributed by atoms with E-state index in [-0.39, 0.29) is 11.1 Å². The third-order valence-electron chi connectivity index (χ3n) is 5.91. The molecule has 0 unspecified atom stereocenters. The topological polar surface area (TPSA) is 73.3 Å². The zero-order chi connectivity index (χ0) is 24.8. The fraction of sp³-hybridized carbons (Fsp3) is 0. The van der Waals surface area contributed by atoms with Crippen LogP contribution in [0.15, 0.2) is 109 Å². The highest BCUT2D eigenvalue weighted by Crippen LogP contribution is 2.33. The molecule has 0 aliphatic carbocycles. The van der Waals surface area contributed by atoms with Crippen LogP contribution >= 0.6 is 23.2 Å². The molecule has 0 spiro atoms. The van der Waals surface area contributed by atoms with E-state index in [1.54, 1.807) is 60.7 Å². The van der Waals surface area contributed by atoms with Crippen LogP contribution in [0, 0.1) is 0 Å². The van der Waals surface area contributed by atoms with Gasteiger partial charge in [-0.1, -0.05) is 65.7 Å². The number of nitrogens with zero attached hydrogens (tertiary/aromatic N) is 1. The number of aromatic nitrogens is 1. The quantitative estimate of drug-likeness (QED) is 0.228. The molecule has 0 aliphatic rings. The van der Waals surface area contributed by atoms with Crippen LogP contribution in [0.5, 0.6) is 0 Å². The van der Waals surface area contributed by atoms with Crippen LogP contribution in [0.2, 0.25) is 10.0 Å². The van der Waals surface area contributed by atoms with Gasteiger partial charge < -0.3 is 8.83 Å². The van der Waals surface area contributed by atoms with Gasteiger partial charge in [0.1, 0.15) is 11.2 Å². The van der Waals surface area contributed by atoms with Crippen LogP contribution in [0.25, 0.3) is 55.6 Å². The van der Waals surface area contributed by atoms with Crippen molar-refractivity contribution in [2.24, 2.45) is 0 Å². The van der Waals surface area contributed by atoms with Gasteiger partial charge in [-0.15, -0.1) is 0 Å². The molecule has 7 heteroatoms. The van der Waals surface area contributed by atoms with Crippen molar-refractivity contribution in [3.63, 3.8) is 0 Å². The van der Waals surface area contributed by atoms with Gasteiger partial charge in [-0.25, -0.2) is 14.6 Å². The zero-order valence-electron chi connectivity index (χ0n) is 18.5. The van der Waals surface area contributed by atoms with Crippen molar-refractivity contribution in [1.29, 1.82) is 0 Å². The van der Waals surface area contributed by atoms with Gasteiger partial charge in [-0.2, -0.15) is 0 Å². The van der Waals surface area contributed by atoms with Gasteiger partial charge in [0, 0.05) is 10.8 Å². The Morgan fingerprint density at radius 1 is 0.556 bits per heavy atom. The number of para-hydroxylation sites is 2. The molecule has 3 aromatic heterocycles. The lowest BCUT2D eigenvalue weighted by molar-refractivity contribution is 0.563. The second-order valence-corrected chi connectivity index (χ2v) is 9.04. The van der Waals surface area contributed by atoms with Crippen LogP contribution in [-0.4, -0.2) is 4.98 Å². The second-order valence-electron chi connectivity index (χ2n) is 8.23. The van der Waals surface area contributed by atoms with E-state index in [1.165, 1.54) is 0 Å². The number of halogens is 2. The Kier molecular flexibility index (Phi) is 5.44. The Morgan fingerprint density at radius 2 is 1.08 bits per heavy atom. The van der Waals surface area contributed by atoms with Crippen LogP contribution in [0.4, 0.5) is 0 Å². The van der Waals surface area contributed by atoms with Gasteiger partial charge in [-0.3, -0.25) is 0 Å². The molecule has 36 heavy (non-hydrogen) atoms. The Balaban J connectivity index is 1.64. The molecule has 0 aliphatic heterocycles. The lowest BCUT2D eigenvalue weighted by atomic mass is 10.00. The van der Waals surface area contributed by atoms with Crippen molar-refractivity contribution in [3.05, 3.63) is 122 Å². The van der Waals surface area contributed by atoms with Crippen molar-refractivity contribution in [2.45, 2.75) is 0 Å². The molecule has 5 nitrogen and oxygen atoms in total. The van der Waals surface area contributed by atoms with Gasteiger partial charge in [0.2, 0.25) is 0 Å². The summed E-state index contributed by atoms with van der Waals surface area (Å²) in [5, 5.41) is 2.30. The van der Waals surface area contributed by atoms with Crippen molar-refractivity contribution >= 4 is 45.1 Å². The van der Waals surface area contributed by atoms with Crippen LogP contribution in [0.1, 0.15) is 0 Å². The van der Waals surface area contributed by atoms with Crippen LogP contribution < -0.4 is 11.3 Å². The second kappa shape index (κ2) is 8.79. The number of hydrogen-bond acceptors (Lipinski definition) is 5. The SMILES string of the molecule is O=c1oc2ccccc2cc1-c1cc(-c2ccc(Cl)c(Cl)c2)cc(-c2cc3ccccc3oc2=O)n1. The first-order chi connectivity index (χ1) is 17.5. The first-order valence-electron chi connectivity index (χ1n) is 11.0. The summed E-state index contributed by atoms with van der Waals surface area (Å²) in [4.78, 5) is 30.6. The average molecular weight is 512 g/mol. The fourth-order valence-electron chi connectivity index (χ4n) is 4.13. The zero-order valence-corrected chi connectivity index (χ0v) is 20.0. The Bertz CT molecular complexity index is 1810. The summed E-state index contributed by atoms with van der Waals surface area (Å²) < 4.78 is 11.1. The largest absolute Gasteiger partial charge is 0.422 e. The predicted molar refractivity (Wildman–Crippen MR) is 143 cm³/mol. The molecular formula is C29H15Cl2NO4. The highest BCUT2D eigenvalue weighted by molar-refractivity contribution is 6.42. The summed E-state index contributed by atoms with van der Waals surface area (Å²) in [7, 11) is 0. The molecule has 174 valence electrons. The van der Waals surface area contributed by atoms with Crippen molar-refractivity contribution in [2.75, 3.05) is 0 Å². The molecule has 0 saturated carbocycles. The first kappa shape index (κ1) is 22.3. The third-order valence-corrected chi connectivity index (χ3v) is 6.65. The molecule has 0 saturated heterocycles. The highest BCUT2D eigenvalue weighted by atomic mass is 35.5. The van der Waals surface area contributed by atoms with E-state index < -0.39 is 11.3 Å². The molecule has 0 atom stereocenters. The summed E-state index contributed by atoms with van der Waals surface area (Å²) in [6.45, 7) is 0. The van der Waals surface area contributed by atoms with E-state index in [9.17, 15) is 9.59 Å². The molecular weight excluding hydrogens is 497 g/mol. The minimum absolute atomic E-state index is 0.266. The van der Waals surface area contributed by atoms with E-state index in [0.29, 0.717) is 38.2 Å². The lowest BCUT2D eigenvalue weighted by Gasteiger charge is -2.10. The minimum Gasteiger partial charge on any atom is -0.422 e. The summed E-state index contributed by atoms with van der Waals surface area (Å²) >= 11 is 12.4. The number of pyridine rings is 1. The first-order valence-corrected chi connectivity index (χ1v) is 11.8. The van der Waals surface area contributed by atoms with E-state index in [4.69, 9.17) is 37.0 Å². The molecule has 3 aromatic carbocycles. The van der Waals surface area contributed by atoms with Gasteiger partial charge >= 0.3 is 11.3 Å². The average Bonchev–Trinajstić information content (AvgIpc) is 2.89. The molecule has 6 aromatic rings. The fourth-order valence-corrected chi connectivity index (χ4v) is 4.43. The van der Waals surface area contributed by atoms with Crippen molar-refractivity contribution < 1.29 is 8.83 Å². The molecule has 0 radical (unpaired) electrons. The van der Waals surface area contributed by atoms with Gasteiger partial charge in [0.15, 0.2) is 0 Å². The third kappa shape index (κ3) is 3.98. The maximum atomic E-state index is 12.9. The van der Waals surface area contributed by atoms with Crippen molar-refractivity contribution in [1.82, 2.24) is 4.98 Å². The monoisotopic (exact) mass is 511 g/mol.